The van der Waals surface area contributed by atoms with E-state index in [1.807, 2.05) is 18.7 Å². The van der Waals surface area contributed by atoms with Crippen LogP contribution < -0.4 is 10.6 Å². The number of aromatic nitrogens is 2. The summed E-state index contributed by atoms with van der Waals surface area (Å²) in [6, 6.07) is 0.593. The van der Waals surface area contributed by atoms with Crippen LogP contribution in [0.1, 0.15) is 91.9 Å². The molecule has 1 aromatic heterocycles. The quantitative estimate of drug-likeness (QED) is 0.250. The van der Waals surface area contributed by atoms with E-state index in [-0.39, 0.29) is 5.91 Å². The largest absolute Gasteiger partial charge is 0.369 e. The summed E-state index contributed by atoms with van der Waals surface area (Å²) >= 11 is 6.33. The number of likely N-dealkylation sites (tertiary alicyclic amines) is 1. The first-order chi connectivity index (χ1) is 17.1. The molecule has 7 nitrogen and oxygen atoms in total. The number of nitrogens with one attached hydrogen (secondary N) is 2. The van der Waals surface area contributed by atoms with E-state index < -0.39 is 0 Å². The Morgan fingerprint density at radius 3 is 2.74 bits per heavy atom. The van der Waals surface area contributed by atoms with Gasteiger partial charge in [0.25, 0.3) is 0 Å². The van der Waals surface area contributed by atoms with E-state index in [0.717, 1.165) is 51.0 Å². The second kappa shape index (κ2) is 16.5. The molecular formula is C27H46ClN6O+. The van der Waals surface area contributed by atoms with E-state index in [1.54, 1.807) is 6.20 Å². The molecule has 3 rings (SSSR count). The molecule has 2 N–H and O–H groups in total. The van der Waals surface area contributed by atoms with Crippen molar-refractivity contribution in [2.75, 3.05) is 36.8 Å². The smallest absolute Gasteiger partial charge is 0.229 e. The molecule has 1 unspecified atom stereocenters. The van der Waals surface area contributed by atoms with Gasteiger partial charge >= 0.3 is 0 Å². The van der Waals surface area contributed by atoms with Gasteiger partial charge in [0.2, 0.25) is 11.9 Å². The lowest BCUT2D eigenvalue weighted by Crippen LogP contribution is -2.36. The van der Waals surface area contributed by atoms with Gasteiger partial charge in [-0.2, -0.15) is 4.98 Å². The maximum Gasteiger partial charge on any atom is 0.229 e. The number of hydrogen-bond acceptors (Lipinski definition) is 5. The molecule has 0 bridgehead atoms. The first kappa shape index (κ1) is 29.1. The average molecular weight is 506 g/mol. The minimum absolute atomic E-state index is 0.273. The zero-order valence-electron chi connectivity index (χ0n) is 22.3. The van der Waals surface area contributed by atoms with E-state index in [2.05, 4.69) is 51.3 Å². The molecule has 1 atom stereocenters. The standard InChI is InChI=1S/C25H40ClN6O.C2H6/c1-3-5-12-21(10-4-2)32-16-8-11-20(19-32)29-25-28-18-22(26)24(30-25)27-14-9-17-31-15-7-6-13-23(31)33;1-2/h11,18-19,21H,3-10,12-17H2,1-2H3,(H2,27,28,29,30);1-2H3/q+1;. The molecule has 0 saturated carbocycles. The van der Waals surface area contributed by atoms with Crippen LogP contribution in [0.5, 0.6) is 0 Å². The molecule has 3 heterocycles. The monoisotopic (exact) mass is 505 g/mol. The van der Waals surface area contributed by atoms with Gasteiger partial charge in [-0.3, -0.25) is 4.79 Å². The first-order valence-corrected chi connectivity index (χ1v) is 14.1. The maximum absolute atomic E-state index is 11.9. The van der Waals surface area contributed by atoms with E-state index in [9.17, 15) is 4.79 Å². The first-order valence-electron chi connectivity index (χ1n) is 13.7. The van der Waals surface area contributed by atoms with E-state index in [1.165, 1.54) is 32.1 Å². The molecule has 0 aromatic carbocycles. The summed E-state index contributed by atoms with van der Waals surface area (Å²) in [5.41, 5.74) is 1.04. The molecule has 1 aromatic rings. The minimum atomic E-state index is 0.273. The van der Waals surface area contributed by atoms with Crippen LogP contribution in [0.15, 0.2) is 18.0 Å². The predicted molar refractivity (Wildman–Crippen MR) is 148 cm³/mol. The summed E-state index contributed by atoms with van der Waals surface area (Å²) in [6.07, 6.45) is 16.9. The number of halogens is 1. The number of hydrogen-bond donors (Lipinski definition) is 2. The van der Waals surface area contributed by atoms with Crippen molar-refractivity contribution in [2.45, 2.75) is 97.9 Å². The van der Waals surface area contributed by atoms with Crippen LogP contribution in [0.4, 0.5) is 11.8 Å². The molecule has 0 aliphatic carbocycles. The molecular weight excluding hydrogens is 460 g/mol. The highest BCUT2D eigenvalue weighted by molar-refractivity contribution is 6.32. The predicted octanol–water partition coefficient (Wildman–Crippen LogP) is 6.11. The van der Waals surface area contributed by atoms with E-state index >= 15 is 0 Å². The van der Waals surface area contributed by atoms with Gasteiger partial charge in [0.15, 0.2) is 12.3 Å². The van der Waals surface area contributed by atoms with Crippen LogP contribution in [0.2, 0.25) is 5.02 Å². The molecule has 1 amide bonds. The lowest BCUT2D eigenvalue weighted by Gasteiger charge is -2.26. The van der Waals surface area contributed by atoms with Crippen molar-refractivity contribution in [1.82, 2.24) is 14.9 Å². The van der Waals surface area contributed by atoms with Crippen molar-refractivity contribution < 1.29 is 9.37 Å². The third-order valence-electron chi connectivity index (χ3n) is 6.36. The normalized spacial score (nSPS) is 16.6. The Kier molecular flexibility index (Phi) is 13.7. The van der Waals surface area contributed by atoms with Crippen LogP contribution in [-0.4, -0.2) is 63.8 Å². The molecule has 1 fully saturated rings. The van der Waals surface area contributed by atoms with Gasteiger partial charge in [0.1, 0.15) is 23.1 Å². The molecule has 2 aliphatic heterocycles. The Hall–Kier alpha value is -2.15. The van der Waals surface area contributed by atoms with Gasteiger partial charge < -0.3 is 15.5 Å². The number of rotatable bonds is 13. The van der Waals surface area contributed by atoms with Crippen molar-refractivity contribution in [1.29, 1.82) is 0 Å². The van der Waals surface area contributed by atoms with Crippen molar-refractivity contribution in [3.63, 3.8) is 0 Å². The van der Waals surface area contributed by atoms with E-state index in [4.69, 9.17) is 11.6 Å². The highest BCUT2D eigenvalue weighted by atomic mass is 35.5. The average Bonchev–Trinajstić information content (AvgIpc) is 2.88. The summed E-state index contributed by atoms with van der Waals surface area (Å²) in [7, 11) is 0. The topological polar surface area (TPSA) is 73.2 Å². The third kappa shape index (κ3) is 9.79. The SMILES string of the molecule is CC.CCCCC(CCC)[N+]1=CC(Nc2ncc(Cl)c(NCCCN3CCCCC3=O)n2)=CCC1. The van der Waals surface area contributed by atoms with E-state index in [0.29, 0.717) is 35.8 Å². The van der Waals surface area contributed by atoms with Gasteiger partial charge in [-0.05, 0) is 38.2 Å². The highest BCUT2D eigenvalue weighted by Gasteiger charge is 2.22. The summed E-state index contributed by atoms with van der Waals surface area (Å²) in [5, 5.41) is 7.18. The summed E-state index contributed by atoms with van der Waals surface area (Å²) < 4.78 is 2.48. The Bertz CT molecular complexity index is 841. The fraction of sp³-hybridized carbons (Fsp3) is 0.704. The molecule has 196 valence electrons. The summed E-state index contributed by atoms with van der Waals surface area (Å²) in [5.74, 6) is 1.44. The van der Waals surface area contributed by atoms with Crippen LogP contribution in [-0.2, 0) is 4.79 Å². The number of piperidine rings is 1. The van der Waals surface area contributed by atoms with Crippen LogP contribution >= 0.6 is 11.6 Å². The Balaban J connectivity index is 0.00000210. The van der Waals surface area contributed by atoms with Crippen molar-refractivity contribution in [2.24, 2.45) is 0 Å². The molecule has 2 aliphatic rings. The zero-order chi connectivity index (χ0) is 25.5. The molecule has 1 saturated heterocycles. The number of carbonyl (C=O) groups excluding carboxylic acids is 1. The minimum Gasteiger partial charge on any atom is -0.369 e. The summed E-state index contributed by atoms with van der Waals surface area (Å²) in [4.78, 5) is 22.9. The van der Waals surface area contributed by atoms with Gasteiger partial charge in [0.05, 0.1) is 6.20 Å². The number of unbranched alkanes of at least 4 members (excludes halogenated alkanes) is 1. The lowest BCUT2D eigenvalue weighted by molar-refractivity contribution is -0.564. The molecule has 35 heavy (non-hydrogen) atoms. The number of carbonyl (C=O) groups is 1. The second-order valence-electron chi connectivity index (χ2n) is 9.03. The third-order valence-corrected chi connectivity index (χ3v) is 6.63. The Morgan fingerprint density at radius 2 is 2.00 bits per heavy atom. The molecule has 0 radical (unpaired) electrons. The van der Waals surface area contributed by atoms with Crippen molar-refractivity contribution in [3.05, 3.63) is 23.0 Å². The molecule has 0 spiro atoms. The number of anilines is 2. The number of amides is 1. The van der Waals surface area contributed by atoms with Crippen molar-refractivity contribution >= 4 is 35.5 Å². The summed E-state index contributed by atoms with van der Waals surface area (Å²) in [6.45, 7) is 11.9. The van der Waals surface area contributed by atoms with Crippen LogP contribution in [0, 0.1) is 0 Å². The molecule has 8 heteroatoms. The fourth-order valence-electron chi connectivity index (χ4n) is 4.54. The zero-order valence-corrected chi connectivity index (χ0v) is 23.0. The fourth-order valence-corrected chi connectivity index (χ4v) is 4.70. The van der Waals surface area contributed by atoms with Gasteiger partial charge in [0, 0.05) is 45.3 Å². The van der Waals surface area contributed by atoms with Gasteiger partial charge in [-0.15, -0.1) is 0 Å². The number of allylic oxidation sites excluding steroid dienone is 1. The highest BCUT2D eigenvalue weighted by Crippen LogP contribution is 2.21. The van der Waals surface area contributed by atoms with Crippen LogP contribution in [0.3, 0.4) is 0 Å². The Labute approximate surface area is 217 Å². The Morgan fingerprint density at radius 1 is 1.17 bits per heavy atom. The van der Waals surface area contributed by atoms with Crippen LogP contribution in [0.25, 0.3) is 0 Å². The second-order valence-corrected chi connectivity index (χ2v) is 9.44. The maximum atomic E-state index is 11.9. The van der Waals surface area contributed by atoms with Gasteiger partial charge in [-0.1, -0.05) is 45.7 Å². The lowest BCUT2D eigenvalue weighted by atomic mass is 10.0. The van der Waals surface area contributed by atoms with Gasteiger partial charge in [-0.25, -0.2) is 9.56 Å². The number of nitrogens with zero attached hydrogens (tertiary/aromatic N) is 4. The van der Waals surface area contributed by atoms with Crippen molar-refractivity contribution in [3.8, 4) is 0 Å².